The maximum atomic E-state index is 9.33. The summed E-state index contributed by atoms with van der Waals surface area (Å²) in [6.07, 6.45) is 5.70. The Bertz CT molecular complexity index is 156. The monoisotopic (exact) mass is 124 g/mol. The lowest BCUT2D eigenvalue weighted by atomic mass is 9.94. The fraction of sp³-hybridized carbons (Fsp3) is 0.500. The first-order chi connectivity index (χ1) is 4.22. The molecule has 2 unspecified atom stereocenters. The molecule has 0 heterocycles. The lowest BCUT2D eigenvalue weighted by Gasteiger charge is -2.18. The molecule has 9 heavy (non-hydrogen) atoms. The van der Waals surface area contributed by atoms with Crippen molar-refractivity contribution in [3.8, 4) is 0 Å². The van der Waals surface area contributed by atoms with Gasteiger partial charge in [0.1, 0.15) is 0 Å². The van der Waals surface area contributed by atoms with Crippen molar-refractivity contribution in [3.05, 3.63) is 23.8 Å². The summed E-state index contributed by atoms with van der Waals surface area (Å²) in [4.78, 5) is 0. The zero-order valence-electron chi connectivity index (χ0n) is 5.83. The van der Waals surface area contributed by atoms with E-state index < -0.39 is 0 Å². The van der Waals surface area contributed by atoms with Crippen molar-refractivity contribution in [3.63, 3.8) is 0 Å². The summed E-state index contributed by atoms with van der Waals surface area (Å²) in [6.45, 7) is 3.96. The second-order valence-electron chi connectivity index (χ2n) is 2.60. The molecule has 1 rings (SSSR count). The molecule has 0 radical (unpaired) electrons. The van der Waals surface area contributed by atoms with E-state index in [1.165, 1.54) is 0 Å². The molecule has 2 atom stereocenters. The minimum absolute atomic E-state index is 0.255. The number of hydrogen-bond donors (Lipinski definition) is 1. The van der Waals surface area contributed by atoms with Crippen molar-refractivity contribution in [2.75, 3.05) is 0 Å². The topological polar surface area (TPSA) is 20.2 Å². The molecule has 0 aliphatic heterocycles. The van der Waals surface area contributed by atoms with Crippen molar-refractivity contribution in [2.45, 2.75) is 20.0 Å². The van der Waals surface area contributed by atoms with Crippen molar-refractivity contribution >= 4 is 0 Å². The van der Waals surface area contributed by atoms with Gasteiger partial charge in [-0.1, -0.05) is 25.2 Å². The summed E-state index contributed by atoms with van der Waals surface area (Å²) in [5.41, 5.74) is 1.06. The molecule has 0 aromatic heterocycles. The zero-order chi connectivity index (χ0) is 6.85. The SMILES string of the molecule is CC1=CC=CC(C)C1O. The molecule has 1 N–H and O–H groups in total. The molecule has 1 aliphatic rings. The molecule has 0 saturated heterocycles. The Hall–Kier alpha value is -0.560. The van der Waals surface area contributed by atoms with Gasteiger partial charge in [-0.25, -0.2) is 0 Å². The fourth-order valence-corrected chi connectivity index (χ4v) is 1.00. The molecule has 1 aliphatic carbocycles. The van der Waals surface area contributed by atoms with E-state index in [1.54, 1.807) is 0 Å². The van der Waals surface area contributed by atoms with Gasteiger partial charge >= 0.3 is 0 Å². The van der Waals surface area contributed by atoms with Gasteiger partial charge in [0.2, 0.25) is 0 Å². The molecular weight excluding hydrogens is 112 g/mol. The van der Waals surface area contributed by atoms with E-state index in [9.17, 15) is 5.11 Å². The average Bonchev–Trinajstić information content (AvgIpc) is 1.83. The van der Waals surface area contributed by atoms with Gasteiger partial charge < -0.3 is 5.11 Å². The van der Waals surface area contributed by atoms with Crippen LogP contribution < -0.4 is 0 Å². The predicted octanol–water partition coefficient (Wildman–Crippen LogP) is 1.50. The van der Waals surface area contributed by atoms with E-state index >= 15 is 0 Å². The molecule has 0 bridgehead atoms. The van der Waals surface area contributed by atoms with Crippen molar-refractivity contribution in [2.24, 2.45) is 5.92 Å². The lowest BCUT2D eigenvalue weighted by molar-refractivity contribution is 0.171. The summed E-state index contributed by atoms with van der Waals surface area (Å²) in [6, 6.07) is 0. The third kappa shape index (κ3) is 1.22. The maximum Gasteiger partial charge on any atom is 0.0810 e. The summed E-state index contributed by atoms with van der Waals surface area (Å²) < 4.78 is 0. The molecule has 0 aromatic carbocycles. The molecule has 50 valence electrons. The van der Waals surface area contributed by atoms with Crippen LogP contribution in [0.2, 0.25) is 0 Å². The second kappa shape index (κ2) is 2.36. The van der Waals surface area contributed by atoms with Crippen LogP contribution in [0, 0.1) is 5.92 Å². The van der Waals surface area contributed by atoms with Gasteiger partial charge in [-0.2, -0.15) is 0 Å². The van der Waals surface area contributed by atoms with E-state index in [1.807, 2.05) is 32.1 Å². The van der Waals surface area contributed by atoms with Gasteiger partial charge in [0.15, 0.2) is 0 Å². The Kier molecular flexibility index (Phi) is 1.72. The minimum Gasteiger partial charge on any atom is -0.388 e. The molecule has 0 fully saturated rings. The Balaban J connectivity index is 2.73. The normalized spacial score (nSPS) is 34.3. The van der Waals surface area contributed by atoms with Gasteiger partial charge in [-0.15, -0.1) is 0 Å². The van der Waals surface area contributed by atoms with Crippen LogP contribution in [0.25, 0.3) is 0 Å². The molecule has 0 saturated carbocycles. The van der Waals surface area contributed by atoms with Crippen LogP contribution in [0.15, 0.2) is 23.8 Å². The maximum absolute atomic E-state index is 9.33. The van der Waals surface area contributed by atoms with Gasteiger partial charge in [0.25, 0.3) is 0 Å². The molecule has 0 aromatic rings. The lowest BCUT2D eigenvalue weighted by Crippen LogP contribution is -2.18. The van der Waals surface area contributed by atoms with Crippen LogP contribution >= 0.6 is 0 Å². The van der Waals surface area contributed by atoms with Crippen molar-refractivity contribution in [1.82, 2.24) is 0 Å². The number of aliphatic hydroxyl groups is 1. The fourth-order valence-electron chi connectivity index (χ4n) is 1.00. The highest BCUT2D eigenvalue weighted by atomic mass is 16.3. The first kappa shape index (κ1) is 6.56. The summed E-state index contributed by atoms with van der Waals surface area (Å²) in [5.74, 6) is 0.287. The second-order valence-corrected chi connectivity index (χ2v) is 2.60. The summed E-state index contributed by atoms with van der Waals surface area (Å²) in [7, 11) is 0. The quantitative estimate of drug-likeness (QED) is 0.519. The van der Waals surface area contributed by atoms with Crippen LogP contribution in [0.5, 0.6) is 0 Å². The summed E-state index contributed by atoms with van der Waals surface area (Å²) in [5, 5.41) is 9.33. The van der Waals surface area contributed by atoms with E-state index in [0.29, 0.717) is 0 Å². The van der Waals surface area contributed by atoms with E-state index in [-0.39, 0.29) is 12.0 Å². The van der Waals surface area contributed by atoms with E-state index in [4.69, 9.17) is 0 Å². The van der Waals surface area contributed by atoms with Gasteiger partial charge in [0.05, 0.1) is 6.10 Å². The highest BCUT2D eigenvalue weighted by Crippen LogP contribution is 2.17. The van der Waals surface area contributed by atoms with Gasteiger partial charge in [-0.3, -0.25) is 0 Å². The Morgan fingerprint density at radius 1 is 1.56 bits per heavy atom. The van der Waals surface area contributed by atoms with Crippen LogP contribution in [0.3, 0.4) is 0 Å². The molecular formula is C8H12O. The Morgan fingerprint density at radius 3 is 2.67 bits per heavy atom. The zero-order valence-corrected chi connectivity index (χ0v) is 5.83. The smallest absolute Gasteiger partial charge is 0.0810 e. The van der Waals surface area contributed by atoms with E-state index in [0.717, 1.165) is 5.57 Å². The third-order valence-corrected chi connectivity index (χ3v) is 1.74. The number of rotatable bonds is 0. The Labute approximate surface area is 55.7 Å². The standard InChI is InChI=1S/C8H12O/c1-6-4-3-5-7(2)8(6)9/h3-6,8-9H,1-2H3. The van der Waals surface area contributed by atoms with Crippen LogP contribution in [-0.4, -0.2) is 11.2 Å². The van der Waals surface area contributed by atoms with Gasteiger partial charge in [0, 0.05) is 5.92 Å². The molecule has 0 amide bonds. The highest BCUT2D eigenvalue weighted by Gasteiger charge is 2.14. The third-order valence-electron chi connectivity index (χ3n) is 1.74. The van der Waals surface area contributed by atoms with E-state index in [2.05, 4.69) is 0 Å². The van der Waals surface area contributed by atoms with Gasteiger partial charge in [-0.05, 0) is 12.5 Å². The highest BCUT2D eigenvalue weighted by molar-refractivity contribution is 5.21. The van der Waals surface area contributed by atoms with Crippen molar-refractivity contribution < 1.29 is 5.11 Å². The van der Waals surface area contributed by atoms with Crippen LogP contribution in [0.1, 0.15) is 13.8 Å². The largest absolute Gasteiger partial charge is 0.388 e. The molecule has 1 nitrogen and oxygen atoms in total. The van der Waals surface area contributed by atoms with Crippen LogP contribution in [0.4, 0.5) is 0 Å². The molecule has 0 spiro atoms. The number of hydrogen-bond acceptors (Lipinski definition) is 1. The summed E-state index contributed by atoms with van der Waals surface area (Å²) >= 11 is 0. The average molecular weight is 124 g/mol. The molecule has 1 heteroatoms. The minimum atomic E-state index is -0.255. The van der Waals surface area contributed by atoms with Crippen LogP contribution in [-0.2, 0) is 0 Å². The predicted molar refractivity (Wildman–Crippen MR) is 38.1 cm³/mol. The number of aliphatic hydroxyl groups excluding tert-OH is 1. The number of allylic oxidation sites excluding steroid dienone is 2. The first-order valence-electron chi connectivity index (χ1n) is 3.25. The first-order valence-corrected chi connectivity index (χ1v) is 3.25. The van der Waals surface area contributed by atoms with Crippen molar-refractivity contribution in [1.29, 1.82) is 0 Å². The Morgan fingerprint density at radius 2 is 2.22 bits per heavy atom.